The van der Waals surface area contributed by atoms with Gasteiger partial charge in [-0.1, -0.05) is 12.1 Å². The predicted octanol–water partition coefficient (Wildman–Crippen LogP) is 4.21. The average Bonchev–Trinajstić information content (AvgIpc) is 3.14. The van der Waals surface area contributed by atoms with E-state index >= 15 is 0 Å². The number of nitrogens with zero attached hydrogens (tertiary/aromatic N) is 3. The van der Waals surface area contributed by atoms with Crippen LogP contribution >= 0.6 is 23.8 Å². The van der Waals surface area contributed by atoms with Gasteiger partial charge >= 0.3 is 0 Å². The molecule has 4 rings (SSSR count). The quantitative estimate of drug-likeness (QED) is 0.664. The summed E-state index contributed by atoms with van der Waals surface area (Å²) in [4.78, 5) is 4.58. The first-order valence-electron chi connectivity index (χ1n) is 9.13. The van der Waals surface area contributed by atoms with Crippen LogP contribution in [0.15, 0.2) is 48.5 Å². The molecule has 1 saturated heterocycles. The highest BCUT2D eigenvalue weighted by molar-refractivity contribution is 7.80. The molecule has 2 heterocycles. The molecular formula is C20H22N4OS2. The second-order valence-electron chi connectivity index (χ2n) is 6.36. The lowest BCUT2D eigenvalue weighted by atomic mass is 10.2. The third-order valence-electron chi connectivity index (χ3n) is 4.64. The summed E-state index contributed by atoms with van der Waals surface area (Å²) in [7, 11) is 0. The van der Waals surface area contributed by atoms with Gasteiger partial charge in [-0.15, -0.1) is 0 Å². The van der Waals surface area contributed by atoms with Crippen molar-refractivity contribution in [2.45, 2.75) is 6.92 Å². The van der Waals surface area contributed by atoms with Crippen LogP contribution in [0.25, 0.3) is 10.1 Å². The van der Waals surface area contributed by atoms with Gasteiger partial charge in [-0.3, -0.25) is 0 Å². The van der Waals surface area contributed by atoms with E-state index in [1.807, 2.05) is 31.2 Å². The highest BCUT2D eigenvalue weighted by atomic mass is 32.1. The molecule has 27 heavy (non-hydrogen) atoms. The summed E-state index contributed by atoms with van der Waals surface area (Å²) in [6.07, 6.45) is 0. The number of piperazine rings is 1. The monoisotopic (exact) mass is 398 g/mol. The van der Waals surface area contributed by atoms with Gasteiger partial charge in [0, 0.05) is 37.3 Å². The van der Waals surface area contributed by atoms with Crippen LogP contribution in [0, 0.1) is 0 Å². The number of anilines is 2. The molecule has 2 aromatic carbocycles. The Kier molecular flexibility index (Phi) is 5.40. The lowest BCUT2D eigenvalue weighted by Gasteiger charge is -2.36. The van der Waals surface area contributed by atoms with Gasteiger partial charge in [-0.2, -0.15) is 4.37 Å². The lowest BCUT2D eigenvalue weighted by molar-refractivity contribution is 0.340. The van der Waals surface area contributed by atoms with Crippen molar-refractivity contribution >= 4 is 50.5 Å². The van der Waals surface area contributed by atoms with E-state index in [0.29, 0.717) is 6.61 Å². The number of nitrogens with one attached hydrogen (secondary N) is 1. The van der Waals surface area contributed by atoms with Gasteiger partial charge in [0.2, 0.25) is 0 Å². The van der Waals surface area contributed by atoms with Gasteiger partial charge in [-0.25, -0.2) is 0 Å². The van der Waals surface area contributed by atoms with E-state index in [1.54, 1.807) is 11.5 Å². The van der Waals surface area contributed by atoms with Crippen LogP contribution in [-0.4, -0.2) is 47.2 Å². The van der Waals surface area contributed by atoms with Crippen LogP contribution in [0.5, 0.6) is 5.75 Å². The molecular weight excluding hydrogens is 376 g/mol. The van der Waals surface area contributed by atoms with Crippen LogP contribution in [0.2, 0.25) is 0 Å². The minimum absolute atomic E-state index is 0.670. The van der Waals surface area contributed by atoms with Gasteiger partial charge in [0.1, 0.15) is 11.6 Å². The van der Waals surface area contributed by atoms with E-state index in [2.05, 4.69) is 43.8 Å². The minimum atomic E-state index is 0.670. The molecule has 0 atom stereocenters. The van der Waals surface area contributed by atoms with Gasteiger partial charge < -0.3 is 19.9 Å². The Morgan fingerprint density at radius 2 is 1.85 bits per heavy atom. The normalized spacial score (nSPS) is 14.4. The maximum absolute atomic E-state index is 5.61. The number of ether oxygens (including phenoxy) is 1. The van der Waals surface area contributed by atoms with Gasteiger partial charge in [0.05, 0.1) is 11.3 Å². The van der Waals surface area contributed by atoms with Crippen molar-refractivity contribution in [2.75, 3.05) is 43.0 Å². The highest BCUT2D eigenvalue weighted by Crippen LogP contribution is 2.29. The van der Waals surface area contributed by atoms with E-state index in [1.165, 1.54) is 10.1 Å². The second kappa shape index (κ2) is 8.10. The zero-order valence-corrected chi connectivity index (χ0v) is 16.9. The standard InChI is InChI=1S/C20H22N4OS2/c1-2-25-16-9-7-15(8-10-16)21-20(26)24-13-11-23(12-14-24)19-17-5-3-4-6-18(17)27-22-19/h3-10H,2,11-14H2,1H3,(H,21,26). The molecule has 7 heteroatoms. The van der Waals surface area contributed by atoms with E-state index in [4.69, 9.17) is 17.0 Å². The Bertz CT molecular complexity index is 917. The third kappa shape index (κ3) is 3.99. The first-order chi connectivity index (χ1) is 13.2. The van der Waals surface area contributed by atoms with E-state index in [0.717, 1.165) is 48.5 Å². The summed E-state index contributed by atoms with van der Waals surface area (Å²) in [5.41, 5.74) is 0.983. The zero-order valence-electron chi connectivity index (χ0n) is 15.2. The summed E-state index contributed by atoms with van der Waals surface area (Å²) in [6.45, 7) is 6.25. The fourth-order valence-corrected chi connectivity index (χ4v) is 4.32. The number of benzene rings is 2. The number of hydrogen-bond donors (Lipinski definition) is 1. The third-order valence-corrected chi connectivity index (χ3v) is 5.82. The maximum atomic E-state index is 5.61. The van der Waals surface area contributed by atoms with E-state index in [9.17, 15) is 0 Å². The lowest BCUT2D eigenvalue weighted by Crippen LogP contribution is -2.50. The molecule has 1 fully saturated rings. The molecule has 0 unspecified atom stereocenters. The molecule has 0 spiro atoms. The van der Waals surface area contributed by atoms with Crippen LogP contribution in [0.3, 0.4) is 0 Å². The summed E-state index contributed by atoms with van der Waals surface area (Å²) in [5.74, 6) is 1.97. The van der Waals surface area contributed by atoms with Crippen LogP contribution in [0.1, 0.15) is 6.92 Å². The van der Waals surface area contributed by atoms with Gasteiger partial charge in [0.15, 0.2) is 5.11 Å². The largest absolute Gasteiger partial charge is 0.494 e. The summed E-state index contributed by atoms with van der Waals surface area (Å²) >= 11 is 7.17. The molecule has 0 amide bonds. The number of fused-ring (bicyclic) bond motifs is 1. The van der Waals surface area contributed by atoms with Crippen molar-refractivity contribution in [3.8, 4) is 5.75 Å². The van der Waals surface area contributed by atoms with Crippen LogP contribution < -0.4 is 15.0 Å². The molecule has 0 radical (unpaired) electrons. The Morgan fingerprint density at radius 1 is 1.11 bits per heavy atom. The molecule has 5 nitrogen and oxygen atoms in total. The van der Waals surface area contributed by atoms with Crippen LogP contribution in [-0.2, 0) is 0 Å². The summed E-state index contributed by atoms with van der Waals surface area (Å²) in [5, 5.41) is 5.34. The molecule has 1 aliphatic rings. The van der Waals surface area contributed by atoms with Crippen molar-refractivity contribution in [1.82, 2.24) is 9.27 Å². The van der Waals surface area contributed by atoms with Gasteiger partial charge in [-0.05, 0) is 67.1 Å². The minimum Gasteiger partial charge on any atom is -0.494 e. The van der Waals surface area contributed by atoms with Crippen molar-refractivity contribution in [3.63, 3.8) is 0 Å². The van der Waals surface area contributed by atoms with Crippen molar-refractivity contribution in [3.05, 3.63) is 48.5 Å². The highest BCUT2D eigenvalue weighted by Gasteiger charge is 2.22. The van der Waals surface area contributed by atoms with Crippen LogP contribution in [0.4, 0.5) is 11.5 Å². The molecule has 3 aromatic rings. The van der Waals surface area contributed by atoms with Gasteiger partial charge in [0.25, 0.3) is 0 Å². The SMILES string of the molecule is CCOc1ccc(NC(=S)N2CCN(c3nsc4ccccc34)CC2)cc1. The first-order valence-corrected chi connectivity index (χ1v) is 10.3. The van der Waals surface area contributed by atoms with Crippen molar-refractivity contribution < 1.29 is 4.74 Å². The van der Waals surface area contributed by atoms with E-state index in [-0.39, 0.29) is 0 Å². The molecule has 1 N–H and O–H groups in total. The Balaban J connectivity index is 1.35. The maximum Gasteiger partial charge on any atom is 0.173 e. The Hall–Kier alpha value is -2.38. The molecule has 1 aromatic heterocycles. The molecule has 0 aliphatic carbocycles. The predicted molar refractivity (Wildman–Crippen MR) is 117 cm³/mol. The molecule has 140 valence electrons. The Labute approximate surface area is 168 Å². The second-order valence-corrected chi connectivity index (χ2v) is 7.56. The number of rotatable bonds is 4. The topological polar surface area (TPSA) is 40.6 Å². The fourth-order valence-electron chi connectivity index (χ4n) is 3.23. The zero-order chi connectivity index (χ0) is 18.6. The molecule has 1 aliphatic heterocycles. The van der Waals surface area contributed by atoms with E-state index < -0.39 is 0 Å². The number of thiocarbonyl (C=S) groups is 1. The fraction of sp³-hybridized carbons (Fsp3) is 0.300. The number of aromatic nitrogens is 1. The van der Waals surface area contributed by atoms with Crippen molar-refractivity contribution in [2.24, 2.45) is 0 Å². The summed E-state index contributed by atoms with van der Waals surface area (Å²) in [6, 6.07) is 16.3. The average molecular weight is 399 g/mol. The number of hydrogen-bond acceptors (Lipinski definition) is 5. The molecule has 0 saturated carbocycles. The first kappa shape index (κ1) is 18.0. The smallest absolute Gasteiger partial charge is 0.173 e. The van der Waals surface area contributed by atoms with Crippen molar-refractivity contribution in [1.29, 1.82) is 0 Å². The summed E-state index contributed by atoms with van der Waals surface area (Å²) < 4.78 is 11.4. The Morgan fingerprint density at radius 3 is 2.59 bits per heavy atom. The molecule has 0 bridgehead atoms.